The van der Waals surface area contributed by atoms with Gasteiger partial charge in [-0.05, 0) is 104 Å². The van der Waals surface area contributed by atoms with E-state index >= 15 is 0 Å². The van der Waals surface area contributed by atoms with E-state index in [0.29, 0.717) is 36.9 Å². The second kappa shape index (κ2) is 18.1. The second-order valence-corrected chi connectivity index (χ2v) is 19.1. The molecule has 12 nitrogen and oxygen atoms in total. The molecule has 0 radical (unpaired) electrons. The molecule has 2 saturated heterocycles. The fourth-order valence-corrected chi connectivity index (χ4v) is 11.6. The van der Waals surface area contributed by atoms with Crippen LogP contribution in [-0.2, 0) is 40.9 Å². The lowest BCUT2D eigenvalue weighted by atomic mass is 9.64. The number of aldehydes is 1. The first kappa shape index (κ1) is 42.1. The molecule has 0 unspecified atom stereocenters. The van der Waals surface area contributed by atoms with Crippen LogP contribution in [0.25, 0.3) is 0 Å². The molecule has 2 aromatic rings. The number of methoxy groups -OCH3 is 2. The molecule has 14 heteroatoms. The van der Waals surface area contributed by atoms with Crippen LogP contribution in [0.1, 0.15) is 66.9 Å². The minimum Gasteiger partial charge on any atom is -0.490 e. The lowest BCUT2D eigenvalue weighted by molar-refractivity contribution is -0.135. The van der Waals surface area contributed by atoms with Crippen molar-refractivity contribution < 1.29 is 37.0 Å². The smallest absolute Gasteiger partial charge is 0.264 e. The quantitative estimate of drug-likeness (QED) is 0.308. The van der Waals surface area contributed by atoms with Gasteiger partial charge >= 0.3 is 0 Å². The number of benzene rings is 2. The molecule has 0 aromatic heterocycles. The summed E-state index contributed by atoms with van der Waals surface area (Å²) in [6.07, 6.45) is 9.78. The third kappa shape index (κ3) is 8.95. The number of amides is 1. The van der Waals surface area contributed by atoms with Crippen molar-refractivity contribution in [2.75, 3.05) is 84.8 Å². The van der Waals surface area contributed by atoms with Crippen LogP contribution in [0.4, 0.5) is 5.69 Å². The number of aryl methyl sites for hydroxylation is 1. The van der Waals surface area contributed by atoms with Crippen LogP contribution in [0.5, 0.6) is 5.75 Å². The first-order valence-electron chi connectivity index (χ1n) is 20.6. The van der Waals surface area contributed by atoms with E-state index in [2.05, 4.69) is 32.0 Å². The van der Waals surface area contributed by atoms with E-state index in [0.717, 1.165) is 76.4 Å². The summed E-state index contributed by atoms with van der Waals surface area (Å²) in [5.74, 6) is -0.330. The molecule has 6 atom stereocenters. The lowest BCUT2D eigenvalue weighted by Crippen LogP contribution is -2.55. The summed E-state index contributed by atoms with van der Waals surface area (Å²) in [6.45, 7) is 10.4. The Hall–Kier alpha value is -3.04. The van der Waals surface area contributed by atoms with Crippen molar-refractivity contribution in [3.05, 3.63) is 70.3 Å². The van der Waals surface area contributed by atoms with E-state index in [9.17, 15) is 18.0 Å². The van der Waals surface area contributed by atoms with E-state index in [-0.39, 0.29) is 41.8 Å². The molecule has 6 aliphatic rings. The number of allylic oxidation sites excluding steroid dienone is 1. The zero-order chi connectivity index (χ0) is 40.2. The molecular formula is C43H59ClN4O8S. The molecule has 312 valence electrons. The van der Waals surface area contributed by atoms with Crippen molar-refractivity contribution in [2.45, 2.75) is 74.2 Å². The van der Waals surface area contributed by atoms with E-state index < -0.39 is 26.8 Å². The maximum Gasteiger partial charge on any atom is 0.264 e. The van der Waals surface area contributed by atoms with Gasteiger partial charge < -0.3 is 29.2 Å². The average molecular weight is 827 g/mol. The van der Waals surface area contributed by atoms with Crippen LogP contribution in [0.2, 0.25) is 5.02 Å². The van der Waals surface area contributed by atoms with Gasteiger partial charge in [-0.2, -0.15) is 0 Å². The highest BCUT2D eigenvalue weighted by Crippen LogP contribution is 2.48. The van der Waals surface area contributed by atoms with Crippen LogP contribution < -0.4 is 19.7 Å². The number of nitrogens with zero attached hydrogens (tertiary/aromatic N) is 2. The summed E-state index contributed by atoms with van der Waals surface area (Å²) < 4.78 is 52.7. The Morgan fingerprint density at radius 3 is 2.58 bits per heavy atom. The van der Waals surface area contributed by atoms with Crippen molar-refractivity contribution in [3.8, 4) is 5.75 Å². The predicted molar refractivity (Wildman–Crippen MR) is 221 cm³/mol. The Bertz CT molecular complexity index is 1890. The van der Waals surface area contributed by atoms with Gasteiger partial charge in [0.15, 0.2) is 6.29 Å². The van der Waals surface area contributed by atoms with Crippen molar-refractivity contribution in [2.24, 2.45) is 17.8 Å². The molecule has 8 rings (SSSR count). The molecule has 1 amide bonds. The molecule has 1 saturated carbocycles. The van der Waals surface area contributed by atoms with E-state index in [1.54, 1.807) is 25.3 Å². The number of rotatable bonds is 6. The number of fused-ring (bicyclic) bond motifs is 4. The summed E-state index contributed by atoms with van der Waals surface area (Å²) in [4.78, 5) is 31.3. The third-order valence-electron chi connectivity index (χ3n) is 13.3. The highest BCUT2D eigenvalue weighted by molar-refractivity contribution is 7.90. The van der Waals surface area contributed by atoms with E-state index in [1.165, 1.54) is 31.3 Å². The van der Waals surface area contributed by atoms with Crippen LogP contribution in [-0.4, -0.2) is 122 Å². The van der Waals surface area contributed by atoms with Gasteiger partial charge in [0.05, 0.1) is 36.8 Å². The van der Waals surface area contributed by atoms with Crippen molar-refractivity contribution >= 4 is 39.5 Å². The van der Waals surface area contributed by atoms with Gasteiger partial charge in [-0.15, -0.1) is 0 Å². The normalized spacial score (nSPS) is 32.1. The number of nitrogens with one attached hydrogen (secondary N) is 2. The average Bonchev–Trinajstić information content (AvgIpc) is 3.32. The largest absolute Gasteiger partial charge is 0.490 e. The third-order valence-corrected chi connectivity index (χ3v) is 15.5. The summed E-state index contributed by atoms with van der Waals surface area (Å²) in [5, 5.41) is 3.15. The molecule has 57 heavy (non-hydrogen) atoms. The fraction of sp³-hybridized carbons (Fsp3) is 0.628. The van der Waals surface area contributed by atoms with Crippen molar-refractivity contribution in [3.63, 3.8) is 0 Å². The minimum atomic E-state index is -4.09. The topological polar surface area (TPSA) is 136 Å². The Balaban J connectivity index is 0.000000428. The molecule has 1 spiro atoms. The number of carbonyl (C=O) groups excluding carboxylic acids is 2. The van der Waals surface area contributed by atoms with Gasteiger partial charge in [-0.25, -0.2) is 13.1 Å². The standard InChI is InChI=1S/C36H45ClN2O7S.C7H14N2O/c1-24-6-4-16-36(22-40,45-3)30-11-8-27(30)20-39-21-35(15-5-7-25-18-28(37)10-12-29(25)35)23-46-32-13-9-26(19-31(32)39)34(41)38-47(42,43)33(24)14-17-44-2;1-3-9(4-2-8-1)7-5-10-6-7/h4,9-10,12-13,16,18-19,22,24,27,30,33H,5-8,11,14-15,17,20-21,23H2,1-3H3,(H,38,41);7-8H,1-6H2/b16-4+;/t24-,27-,30+,33+,35-,36-;/m0./s1. The van der Waals surface area contributed by atoms with Crippen LogP contribution in [0.15, 0.2) is 48.6 Å². The molecule has 4 aliphatic heterocycles. The highest BCUT2D eigenvalue weighted by Gasteiger charge is 2.49. The number of hydrogen-bond donors (Lipinski definition) is 2. The Morgan fingerprint density at radius 2 is 1.89 bits per heavy atom. The number of ether oxygens (including phenoxy) is 4. The van der Waals surface area contributed by atoms with Crippen LogP contribution in [0.3, 0.4) is 0 Å². The van der Waals surface area contributed by atoms with Crippen molar-refractivity contribution in [1.29, 1.82) is 0 Å². The molecule has 3 fully saturated rings. The van der Waals surface area contributed by atoms with Gasteiger partial charge in [0.2, 0.25) is 10.0 Å². The first-order chi connectivity index (χ1) is 27.5. The number of halogens is 1. The zero-order valence-corrected chi connectivity index (χ0v) is 35.1. The summed E-state index contributed by atoms with van der Waals surface area (Å²) >= 11 is 6.42. The monoisotopic (exact) mass is 826 g/mol. The number of sulfonamides is 1. The van der Waals surface area contributed by atoms with Gasteiger partial charge in [0.1, 0.15) is 11.4 Å². The highest BCUT2D eigenvalue weighted by atomic mass is 35.5. The van der Waals surface area contributed by atoms with Crippen LogP contribution >= 0.6 is 11.6 Å². The molecule has 4 heterocycles. The van der Waals surface area contributed by atoms with Gasteiger partial charge in [0.25, 0.3) is 5.91 Å². The predicted octanol–water partition coefficient (Wildman–Crippen LogP) is 4.77. The summed E-state index contributed by atoms with van der Waals surface area (Å²) in [7, 11) is -1.00. The zero-order valence-electron chi connectivity index (χ0n) is 33.6. The van der Waals surface area contributed by atoms with Crippen molar-refractivity contribution in [1.82, 2.24) is 14.9 Å². The Kier molecular flexibility index (Phi) is 13.3. The Morgan fingerprint density at radius 1 is 1.09 bits per heavy atom. The fourth-order valence-electron chi connectivity index (χ4n) is 9.78. The molecular weight excluding hydrogens is 768 g/mol. The molecule has 2 aliphatic carbocycles. The molecule has 2 N–H and O–H groups in total. The molecule has 2 bridgehead atoms. The van der Waals surface area contributed by atoms with Gasteiger partial charge in [-0.3, -0.25) is 14.5 Å². The maximum atomic E-state index is 13.7. The van der Waals surface area contributed by atoms with Gasteiger partial charge in [-0.1, -0.05) is 30.7 Å². The maximum absolute atomic E-state index is 13.7. The van der Waals surface area contributed by atoms with E-state index in [4.69, 9.17) is 30.5 Å². The minimum absolute atomic E-state index is 0.0648. The number of anilines is 1. The number of piperazine rings is 1. The van der Waals surface area contributed by atoms with Gasteiger partial charge in [0, 0.05) is 82.0 Å². The first-order valence-corrected chi connectivity index (χ1v) is 22.5. The SMILES string of the molecule is C1CN(C2COC2)CCN1.COCC[C@@H]1[C@@H](C)C/C=C/[C@@](C=O)(OC)[C@@H]2CC[C@H]2CN2C[C@@]3(CCCc4cc(Cl)ccc43)COc3ccc(cc32)C(=O)NS1(=O)=O. The summed E-state index contributed by atoms with van der Waals surface area (Å²) in [5.41, 5.74) is 1.97. The Labute approximate surface area is 343 Å². The molecule has 2 aromatic carbocycles. The second-order valence-electron chi connectivity index (χ2n) is 16.8. The number of carbonyl (C=O) groups is 2. The lowest BCUT2D eigenvalue weighted by Gasteiger charge is -2.48. The number of hydrogen-bond acceptors (Lipinski definition) is 11. The van der Waals surface area contributed by atoms with E-state index in [1.807, 2.05) is 25.1 Å². The summed E-state index contributed by atoms with van der Waals surface area (Å²) in [6, 6.07) is 12.0. The van der Waals surface area contributed by atoms with Crippen LogP contribution in [0, 0.1) is 17.8 Å².